The maximum atomic E-state index is 12.7. The molecule has 0 saturated carbocycles. The fourth-order valence-electron chi connectivity index (χ4n) is 3.28. The number of hydrogen-bond acceptors (Lipinski definition) is 7. The van der Waals surface area contributed by atoms with Crippen molar-refractivity contribution in [1.82, 2.24) is 19.6 Å². The van der Waals surface area contributed by atoms with E-state index in [1.54, 1.807) is 22.9 Å². The van der Waals surface area contributed by atoms with E-state index in [0.29, 0.717) is 48.1 Å². The molecule has 3 amide bonds. The summed E-state index contributed by atoms with van der Waals surface area (Å²) in [6, 6.07) is 4.55. The number of halogens is 2. The van der Waals surface area contributed by atoms with Gasteiger partial charge in [-0.25, -0.2) is 0 Å². The molecule has 216 valence electrons. The van der Waals surface area contributed by atoms with E-state index in [4.69, 9.17) is 9.84 Å². The summed E-state index contributed by atoms with van der Waals surface area (Å²) in [6.45, 7) is 10.8. The second-order valence-electron chi connectivity index (χ2n) is 8.13. The number of rotatable bonds is 11. The largest absolute Gasteiger partial charge is 0.491 e. The topological polar surface area (TPSA) is 111 Å². The molecule has 12 heteroatoms. The Hall–Kier alpha value is -2.02. The van der Waals surface area contributed by atoms with Crippen molar-refractivity contribution >= 4 is 55.9 Å². The minimum atomic E-state index is -0.250. The molecule has 2 rings (SSSR count). The van der Waals surface area contributed by atoms with E-state index in [1.807, 2.05) is 25.7 Å². The van der Waals surface area contributed by atoms with Crippen LogP contribution in [-0.2, 0) is 9.59 Å². The van der Waals surface area contributed by atoms with Crippen molar-refractivity contribution < 1.29 is 29.0 Å². The monoisotopic (exact) mass is 664 g/mol. The zero-order chi connectivity index (χ0) is 29.1. The van der Waals surface area contributed by atoms with Crippen LogP contribution < -0.4 is 4.74 Å². The quantitative estimate of drug-likeness (QED) is 0.286. The summed E-state index contributed by atoms with van der Waals surface area (Å²) < 4.78 is 5.31. The summed E-state index contributed by atoms with van der Waals surface area (Å²) in [5, 5.41) is 9.53. The van der Waals surface area contributed by atoms with E-state index in [-0.39, 0.29) is 36.3 Å². The first kappa shape index (κ1) is 36.0. The third-order valence-corrected chi connectivity index (χ3v) is 6.52. The molecule has 1 heterocycles. The smallest absolute Gasteiger partial charge is 0.254 e. The molecule has 1 aliphatic rings. The second kappa shape index (κ2) is 20.9. The maximum absolute atomic E-state index is 12.7. The number of likely N-dealkylation sites (N-methyl/N-ethyl adjacent to an activating group) is 3. The van der Waals surface area contributed by atoms with Gasteiger partial charge in [0.15, 0.2) is 0 Å². The van der Waals surface area contributed by atoms with Gasteiger partial charge in [-0.2, -0.15) is 0 Å². The summed E-state index contributed by atoms with van der Waals surface area (Å²) in [5.41, 5.74) is 0.648. The van der Waals surface area contributed by atoms with Crippen molar-refractivity contribution in [3.05, 3.63) is 29.3 Å². The van der Waals surface area contributed by atoms with Crippen molar-refractivity contribution in [2.24, 2.45) is 0 Å². The van der Waals surface area contributed by atoms with Crippen LogP contribution in [0, 0.1) is 0 Å². The molecule has 1 saturated heterocycles. The molecule has 0 unspecified atom stereocenters. The Morgan fingerprint density at radius 1 is 1.05 bits per heavy atom. The Labute approximate surface area is 243 Å². The van der Waals surface area contributed by atoms with Crippen molar-refractivity contribution in [2.45, 2.75) is 20.8 Å². The number of aliphatic hydroxyl groups is 1. The number of ether oxygens (including phenoxy) is 1. The predicted octanol–water partition coefficient (Wildman–Crippen LogP) is 2.37. The van der Waals surface area contributed by atoms with Crippen molar-refractivity contribution in [1.29, 1.82) is 0 Å². The van der Waals surface area contributed by atoms with Crippen molar-refractivity contribution in [3.63, 3.8) is 0 Å². The molecule has 1 fully saturated rings. The molecule has 1 aromatic carbocycles. The van der Waals surface area contributed by atoms with Gasteiger partial charge in [0.1, 0.15) is 18.6 Å². The van der Waals surface area contributed by atoms with E-state index >= 15 is 0 Å². The molecule has 0 spiro atoms. The molecule has 0 aromatic heterocycles. The van der Waals surface area contributed by atoms with Gasteiger partial charge in [-0.05, 0) is 32.2 Å². The lowest BCUT2D eigenvalue weighted by Gasteiger charge is -2.31. The van der Waals surface area contributed by atoms with E-state index in [1.165, 1.54) is 12.1 Å². The third kappa shape index (κ3) is 13.2. The van der Waals surface area contributed by atoms with Crippen LogP contribution >= 0.6 is 31.9 Å². The molecule has 10 nitrogen and oxygen atoms in total. The minimum absolute atomic E-state index is 0.0638. The number of carbonyl (C=O) groups excluding carboxylic acids is 4. The first-order chi connectivity index (χ1) is 18.2. The lowest BCUT2D eigenvalue weighted by molar-refractivity contribution is -0.130. The van der Waals surface area contributed by atoms with Crippen LogP contribution in [0.25, 0.3) is 0 Å². The van der Waals surface area contributed by atoms with Crippen LogP contribution in [0.3, 0.4) is 0 Å². The fraction of sp³-hybridized carbons (Fsp3) is 0.615. The van der Waals surface area contributed by atoms with E-state index in [2.05, 4.69) is 43.8 Å². The van der Waals surface area contributed by atoms with Crippen LogP contribution in [0.15, 0.2) is 18.2 Å². The number of carbonyl (C=O) groups is 4. The third-order valence-electron chi connectivity index (χ3n) is 5.56. The Balaban J connectivity index is 0.000000873. The number of benzene rings is 1. The average molecular weight is 666 g/mol. The number of amides is 3. The number of nitrogens with zero attached hydrogens (tertiary/aromatic N) is 4. The molecule has 1 N–H and O–H groups in total. The Morgan fingerprint density at radius 3 is 2.18 bits per heavy atom. The van der Waals surface area contributed by atoms with Gasteiger partial charge < -0.3 is 29.4 Å². The molecule has 0 atom stereocenters. The predicted molar refractivity (Wildman–Crippen MR) is 157 cm³/mol. The fourth-order valence-corrected chi connectivity index (χ4v) is 4.07. The van der Waals surface area contributed by atoms with Gasteiger partial charge in [0.25, 0.3) is 5.91 Å². The summed E-state index contributed by atoms with van der Waals surface area (Å²) in [6.07, 6.45) is 0.640. The molecular weight excluding hydrogens is 624 g/mol. The molecule has 0 radical (unpaired) electrons. The summed E-state index contributed by atoms with van der Waals surface area (Å²) in [5.74, 6) is 0.244. The number of alkyl halides is 2. The lowest BCUT2D eigenvalue weighted by atomic mass is 10.1. The van der Waals surface area contributed by atoms with Gasteiger partial charge in [0, 0.05) is 64.0 Å². The highest BCUT2D eigenvalue weighted by atomic mass is 79.9. The summed E-state index contributed by atoms with van der Waals surface area (Å²) in [7, 11) is 3.76. The van der Waals surface area contributed by atoms with Gasteiger partial charge >= 0.3 is 0 Å². The molecule has 0 aliphatic carbocycles. The molecule has 38 heavy (non-hydrogen) atoms. The molecule has 1 aromatic rings. The standard InChI is InChI=1S/C17H23BrN2O5.C7H13BrN2O.C2H6/c1-3-20(5-4-19(2)16(23)11-18)17(24)14-8-13(12-22)9-15(10-14)25-7-6-21;1-9-2-4-10(5-3-9)7(11)6-8;1-2/h8-10,12,21H,3-7,11H2,1-2H3;2-6H2,1H3;1-2H3. The number of piperazine rings is 1. The highest BCUT2D eigenvalue weighted by Gasteiger charge is 2.18. The van der Waals surface area contributed by atoms with Crippen molar-refractivity contribution in [3.8, 4) is 5.75 Å². The maximum Gasteiger partial charge on any atom is 0.254 e. The minimum Gasteiger partial charge on any atom is -0.491 e. The van der Waals surface area contributed by atoms with Crippen LogP contribution in [0.1, 0.15) is 41.5 Å². The molecular formula is C26H42Br2N4O6. The van der Waals surface area contributed by atoms with Gasteiger partial charge in [-0.3, -0.25) is 19.2 Å². The Bertz CT molecular complexity index is 866. The number of aldehydes is 1. The number of hydrogen-bond donors (Lipinski definition) is 1. The lowest BCUT2D eigenvalue weighted by Crippen LogP contribution is -2.47. The van der Waals surface area contributed by atoms with Gasteiger partial charge in [-0.1, -0.05) is 45.7 Å². The van der Waals surface area contributed by atoms with Gasteiger partial charge in [0.05, 0.1) is 17.3 Å². The Morgan fingerprint density at radius 2 is 1.68 bits per heavy atom. The normalized spacial score (nSPS) is 12.8. The second-order valence-corrected chi connectivity index (χ2v) is 9.25. The first-order valence-corrected chi connectivity index (χ1v) is 14.9. The van der Waals surface area contributed by atoms with Gasteiger partial charge in [-0.15, -0.1) is 0 Å². The van der Waals surface area contributed by atoms with E-state index in [0.717, 1.165) is 26.2 Å². The zero-order valence-corrected chi connectivity index (χ0v) is 26.3. The molecule has 0 bridgehead atoms. The Kier molecular flexibility index (Phi) is 19.8. The van der Waals surface area contributed by atoms with Gasteiger partial charge in [0.2, 0.25) is 11.8 Å². The number of aliphatic hydroxyl groups excluding tert-OH is 1. The van der Waals surface area contributed by atoms with Crippen LogP contribution in [-0.4, -0.2) is 132 Å². The van der Waals surface area contributed by atoms with Crippen LogP contribution in [0.2, 0.25) is 0 Å². The van der Waals surface area contributed by atoms with Crippen molar-refractivity contribution in [2.75, 3.05) is 83.8 Å². The SMILES string of the molecule is CC.CCN(CCN(C)C(=O)CBr)C(=O)c1cc(C=O)cc(OCCO)c1.CN1CCN(C(=O)CBr)CC1. The zero-order valence-electron chi connectivity index (χ0n) is 23.1. The highest BCUT2D eigenvalue weighted by molar-refractivity contribution is 9.09. The van der Waals surface area contributed by atoms with Crippen LogP contribution in [0.4, 0.5) is 0 Å². The summed E-state index contributed by atoms with van der Waals surface area (Å²) in [4.78, 5) is 53.8. The molecule has 1 aliphatic heterocycles. The summed E-state index contributed by atoms with van der Waals surface area (Å²) >= 11 is 6.27. The highest BCUT2D eigenvalue weighted by Crippen LogP contribution is 2.18. The van der Waals surface area contributed by atoms with E-state index in [9.17, 15) is 19.2 Å². The van der Waals surface area contributed by atoms with E-state index < -0.39 is 0 Å². The average Bonchev–Trinajstić information content (AvgIpc) is 2.96. The first-order valence-electron chi connectivity index (χ1n) is 12.7. The van der Waals surface area contributed by atoms with Crippen LogP contribution in [0.5, 0.6) is 5.75 Å².